The Labute approximate surface area is 112 Å². The molecule has 0 aliphatic heterocycles. The van der Waals surface area contributed by atoms with Crippen molar-refractivity contribution in [3.8, 4) is 0 Å². The highest BCUT2D eigenvalue weighted by Gasteiger charge is 2.14. The van der Waals surface area contributed by atoms with Crippen LogP contribution in [0, 0.1) is 5.92 Å². The number of anilines is 1. The van der Waals surface area contributed by atoms with E-state index < -0.39 is 0 Å². The molecule has 17 heavy (non-hydrogen) atoms. The van der Waals surface area contributed by atoms with Gasteiger partial charge in [-0.3, -0.25) is 4.98 Å². The van der Waals surface area contributed by atoms with Gasteiger partial charge >= 0.3 is 0 Å². The fourth-order valence-electron chi connectivity index (χ4n) is 2.48. The summed E-state index contributed by atoms with van der Waals surface area (Å²) in [5, 5.41) is 3.34. The van der Waals surface area contributed by atoms with Gasteiger partial charge in [0, 0.05) is 16.4 Å². The average molecular weight is 295 g/mol. The van der Waals surface area contributed by atoms with E-state index in [0.29, 0.717) is 0 Å². The minimum atomic E-state index is 0.823. The average Bonchev–Trinajstić information content (AvgIpc) is 2.30. The lowest BCUT2D eigenvalue weighted by atomic mass is 9.86. The van der Waals surface area contributed by atoms with Crippen molar-refractivity contribution in [2.45, 2.75) is 38.5 Å². The van der Waals surface area contributed by atoms with Crippen LogP contribution in [-0.4, -0.2) is 4.98 Å². The summed E-state index contributed by atoms with van der Waals surface area (Å²) in [7, 11) is 0. The van der Waals surface area contributed by atoms with Gasteiger partial charge in [0.2, 0.25) is 0 Å². The summed E-state index contributed by atoms with van der Waals surface area (Å²) in [6.45, 7) is 4.12. The van der Waals surface area contributed by atoms with Crippen LogP contribution in [0.1, 0.15) is 38.5 Å². The molecule has 2 nitrogen and oxygen atoms in total. The molecule has 0 atom stereocenters. The van der Waals surface area contributed by atoms with Crippen LogP contribution in [0.5, 0.6) is 0 Å². The first kappa shape index (κ1) is 12.6. The number of nitrogens with one attached hydrogen (secondary N) is 1. The first-order chi connectivity index (χ1) is 8.24. The summed E-state index contributed by atoms with van der Waals surface area (Å²) in [6, 6.07) is 2.03. The van der Waals surface area contributed by atoms with E-state index in [1.54, 1.807) is 6.20 Å². The summed E-state index contributed by atoms with van der Waals surface area (Å²) in [4.78, 5) is 4.13. The standard InChI is InChI=1S/C14H19BrN2/c1-11(7-12-5-3-2-4-6-12)17-14-8-13(15)9-16-10-14/h8-10,12,17H,1-7H2. The van der Waals surface area contributed by atoms with E-state index in [-0.39, 0.29) is 0 Å². The van der Waals surface area contributed by atoms with E-state index in [2.05, 4.69) is 32.8 Å². The molecule has 0 unspecified atom stereocenters. The first-order valence-corrected chi connectivity index (χ1v) is 7.08. The summed E-state index contributed by atoms with van der Waals surface area (Å²) in [5.74, 6) is 0.823. The molecule has 1 heterocycles. The van der Waals surface area contributed by atoms with Gasteiger partial charge in [0.15, 0.2) is 0 Å². The summed E-state index contributed by atoms with van der Waals surface area (Å²) in [5.41, 5.74) is 2.12. The van der Waals surface area contributed by atoms with Gasteiger partial charge in [-0.15, -0.1) is 0 Å². The van der Waals surface area contributed by atoms with Gasteiger partial charge < -0.3 is 5.32 Å². The van der Waals surface area contributed by atoms with Crippen LogP contribution in [0.3, 0.4) is 0 Å². The minimum Gasteiger partial charge on any atom is -0.358 e. The van der Waals surface area contributed by atoms with Crippen LogP contribution in [0.15, 0.2) is 35.2 Å². The van der Waals surface area contributed by atoms with Gasteiger partial charge in [-0.2, -0.15) is 0 Å². The Morgan fingerprint density at radius 3 is 2.82 bits per heavy atom. The Balaban J connectivity index is 1.84. The SMILES string of the molecule is C=C(CC1CCCCC1)Nc1cncc(Br)c1. The number of halogens is 1. The lowest BCUT2D eigenvalue weighted by Crippen LogP contribution is -2.10. The van der Waals surface area contributed by atoms with Crippen molar-refractivity contribution >= 4 is 21.6 Å². The molecule has 0 aromatic carbocycles. The van der Waals surface area contributed by atoms with E-state index >= 15 is 0 Å². The van der Waals surface area contributed by atoms with E-state index in [0.717, 1.165) is 28.2 Å². The molecule has 92 valence electrons. The molecule has 3 heteroatoms. The fraction of sp³-hybridized carbons (Fsp3) is 0.500. The lowest BCUT2D eigenvalue weighted by Gasteiger charge is -2.22. The van der Waals surface area contributed by atoms with Crippen LogP contribution in [0.2, 0.25) is 0 Å². The second-order valence-electron chi connectivity index (χ2n) is 4.83. The smallest absolute Gasteiger partial charge is 0.0579 e. The molecule has 1 aliphatic rings. The molecule has 0 saturated heterocycles. The monoisotopic (exact) mass is 294 g/mol. The topological polar surface area (TPSA) is 24.9 Å². The molecule has 1 aromatic heterocycles. The maximum atomic E-state index is 4.13. The van der Waals surface area contributed by atoms with E-state index in [4.69, 9.17) is 0 Å². The third-order valence-electron chi connectivity index (χ3n) is 3.29. The largest absolute Gasteiger partial charge is 0.358 e. The Bertz CT molecular complexity index is 384. The van der Waals surface area contributed by atoms with Gasteiger partial charge in [-0.25, -0.2) is 0 Å². The first-order valence-electron chi connectivity index (χ1n) is 6.29. The normalized spacial score (nSPS) is 16.8. The third-order valence-corrected chi connectivity index (χ3v) is 3.72. The van der Waals surface area contributed by atoms with Crippen LogP contribution in [-0.2, 0) is 0 Å². The lowest BCUT2D eigenvalue weighted by molar-refractivity contribution is 0.357. The number of allylic oxidation sites excluding steroid dienone is 1. The molecule has 1 aliphatic carbocycles. The van der Waals surface area contributed by atoms with Gasteiger partial charge in [-0.05, 0) is 34.3 Å². The maximum Gasteiger partial charge on any atom is 0.0579 e. The molecule has 1 aromatic rings. The highest BCUT2D eigenvalue weighted by Crippen LogP contribution is 2.29. The van der Waals surface area contributed by atoms with E-state index in [9.17, 15) is 0 Å². The van der Waals surface area contributed by atoms with Crippen LogP contribution < -0.4 is 5.32 Å². The van der Waals surface area contributed by atoms with Crippen molar-refractivity contribution < 1.29 is 0 Å². The zero-order chi connectivity index (χ0) is 12.1. The van der Waals surface area contributed by atoms with Crippen molar-refractivity contribution in [2.75, 3.05) is 5.32 Å². The van der Waals surface area contributed by atoms with Gasteiger partial charge in [-0.1, -0.05) is 38.7 Å². The Morgan fingerprint density at radius 2 is 2.12 bits per heavy atom. The Morgan fingerprint density at radius 1 is 1.35 bits per heavy atom. The molecule has 0 radical (unpaired) electrons. The molecule has 0 amide bonds. The molecule has 2 rings (SSSR count). The number of nitrogens with zero attached hydrogens (tertiary/aromatic N) is 1. The van der Waals surface area contributed by atoms with Crippen LogP contribution in [0.4, 0.5) is 5.69 Å². The zero-order valence-corrected chi connectivity index (χ0v) is 11.7. The highest BCUT2D eigenvalue weighted by atomic mass is 79.9. The molecule has 0 bridgehead atoms. The van der Waals surface area contributed by atoms with Crippen molar-refractivity contribution in [2.24, 2.45) is 5.92 Å². The summed E-state index contributed by atoms with van der Waals surface area (Å²) >= 11 is 3.42. The Kier molecular flexibility index (Phi) is 4.60. The van der Waals surface area contributed by atoms with Crippen molar-refractivity contribution in [3.63, 3.8) is 0 Å². The maximum absolute atomic E-state index is 4.13. The van der Waals surface area contributed by atoms with E-state index in [1.165, 1.54) is 32.1 Å². The van der Waals surface area contributed by atoms with Crippen molar-refractivity contribution in [1.82, 2.24) is 4.98 Å². The summed E-state index contributed by atoms with van der Waals surface area (Å²) in [6.07, 6.45) is 11.6. The Hall–Kier alpha value is -0.830. The fourth-order valence-corrected chi connectivity index (χ4v) is 2.84. The van der Waals surface area contributed by atoms with Crippen LogP contribution in [0.25, 0.3) is 0 Å². The highest BCUT2D eigenvalue weighted by molar-refractivity contribution is 9.10. The third kappa shape index (κ3) is 4.15. The number of pyridine rings is 1. The minimum absolute atomic E-state index is 0.823. The van der Waals surface area contributed by atoms with Gasteiger partial charge in [0.25, 0.3) is 0 Å². The summed E-state index contributed by atoms with van der Waals surface area (Å²) < 4.78 is 0.993. The van der Waals surface area contributed by atoms with E-state index in [1.807, 2.05) is 12.3 Å². The molecular weight excluding hydrogens is 276 g/mol. The molecule has 1 saturated carbocycles. The second-order valence-corrected chi connectivity index (χ2v) is 5.74. The van der Waals surface area contributed by atoms with Gasteiger partial charge in [0.05, 0.1) is 11.9 Å². The predicted octanol–water partition coefficient (Wildman–Crippen LogP) is 4.74. The van der Waals surface area contributed by atoms with Crippen molar-refractivity contribution in [1.29, 1.82) is 0 Å². The molecular formula is C14H19BrN2. The molecule has 0 spiro atoms. The molecule has 1 fully saturated rings. The number of rotatable bonds is 4. The quantitative estimate of drug-likeness (QED) is 0.867. The second kappa shape index (κ2) is 6.20. The number of aromatic nitrogens is 1. The van der Waals surface area contributed by atoms with Crippen molar-refractivity contribution in [3.05, 3.63) is 35.2 Å². The predicted molar refractivity (Wildman–Crippen MR) is 75.9 cm³/mol. The van der Waals surface area contributed by atoms with Gasteiger partial charge in [0.1, 0.15) is 0 Å². The number of hydrogen-bond donors (Lipinski definition) is 1. The zero-order valence-electron chi connectivity index (χ0n) is 10.1. The number of hydrogen-bond acceptors (Lipinski definition) is 2. The van der Waals surface area contributed by atoms with Crippen LogP contribution >= 0.6 is 15.9 Å². The molecule has 1 N–H and O–H groups in total.